The number of nitrogens with zero attached hydrogens (tertiary/aromatic N) is 1. The van der Waals surface area contributed by atoms with Gasteiger partial charge in [0.15, 0.2) is 0 Å². The minimum Gasteiger partial charge on any atom is -0.466 e. The van der Waals surface area contributed by atoms with E-state index in [2.05, 4.69) is 0 Å². The predicted octanol–water partition coefficient (Wildman–Crippen LogP) is 2.21. The van der Waals surface area contributed by atoms with Gasteiger partial charge in [0, 0.05) is 10.4 Å². The van der Waals surface area contributed by atoms with Crippen molar-refractivity contribution in [2.45, 2.75) is 27.2 Å². The molecule has 5 nitrogen and oxygen atoms in total. The van der Waals surface area contributed by atoms with Gasteiger partial charge >= 0.3 is 11.9 Å². The molecule has 0 saturated carbocycles. The first kappa shape index (κ1) is 15.2. The van der Waals surface area contributed by atoms with Gasteiger partial charge in [-0.1, -0.05) is 0 Å². The second-order valence-electron chi connectivity index (χ2n) is 3.65. The fourth-order valence-electron chi connectivity index (χ4n) is 1.62. The zero-order valence-electron chi connectivity index (χ0n) is 11.1. The van der Waals surface area contributed by atoms with E-state index in [1.54, 1.807) is 20.8 Å². The van der Waals surface area contributed by atoms with Crippen molar-refractivity contribution in [3.8, 4) is 6.07 Å². The lowest BCUT2D eigenvalue weighted by molar-refractivity contribution is -0.142. The van der Waals surface area contributed by atoms with Crippen molar-refractivity contribution in [1.29, 1.82) is 5.26 Å². The van der Waals surface area contributed by atoms with Gasteiger partial charge < -0.3 is 9.47 Å². The molecule has 102 valence electrons. The van der Waals surface area contributed by atoms with Gasteiger partial charge in [0.25, 0.3) is 0 Å². The van der Waals surface area contributed by atoms with Crippen molar-refractivity contribution >= 4 is 23.3 Å². The fourth-order valence-corrected chi connectivity index (χ4v) is 2.64. The smallest absolute Gasteiger partial charge is 0.348 e. The number of esters is 2. The number of rotatable bonds is 5. The largest absolute Gasteiger partial charge is 0.466 e. The van der Waals surface area contributed by atoms with Crippen LogP contribution in [0, 0.1) is 18.3 Å². The highest BCUT2D eigenvalue weighted by molar-refractivity contribution is 7.14. The number of hydrogen-bond donors (Lipinski definition) is 0. The summed E-state index contributed by atoms with van der Waals surface area (Å²) in [4.78, 5) is 24.4. The van der Waals surface area contributed by atoms with Crippen LogP contribution >= 0.6 is 11.3 Å². The van der Waals surface area contributed by atoms with Crippen molar-refractivity contribution in [3.05, 3.63) is 20.9 Å². The van der Waals surface area contributed by atoms with Crippen molar-refractivity contribution in [2.75, 3.05) is 13.2 Å². The van der Waals surface area contributed by atoms with Crippen LogP contribution in [0.3, 0.4) is 0 Å². The second-order valence-corrected chi connectivity index (χ2v) is 4.88. The predicted molar refractivity (Wildman–Crippen MR) is 70.1 cm³/mol. The molecule has 1 aromatic rings. The normalized spacial score (nSPS) is 9.79. The lowest BCUT2D eigenvalue weighted by Crippen LogP contribution is -2.12. The van der Waals surface area contributed by atoms with Gasteiger partial charge in [0.05, 0.1) is 25.2 Å². The summed E-state index contributed by atoms with van der Waals surface area (Å²) in [5.74, 6) is -0.959. The Morgan fingerprint density at radius 3 is 2.42 bits per heavy atom. The Morgan fingerprint density at radius 1 is 1.26 bits per heavy atom. The summed E-state index contributed by atoms with van der Waals surface area (Å²) in [6.07, 6.45) is -0.0881. The Kier molecular flexibility index (Phi) is 5.52. The van der Waals surface area contributed by atoms with E-state index in [0.29, 0.717) is 20.9 Å². The molecule has 0 fully saturated rings. The van der Waals surface area contributed by atoms with Gasteiger partial charge in [0.2, 0.25) is 0 Å². The summed E-state index contributed by atoms with van der Waals surface area (Å²) in [6.45, 7) is 5.65. The second kappa shape index (κ2) is 6.90. The van der Waals surface area contributed by atoms with Crippen LogP contribution in [0.2, 0.25) is 0 Å². The standard InChI is InChI=1S/C13H15NO4S/c1-4-17-11(15)6-9-10(7-14)8(3)19-12(9)13(16)18-5-2/h4-6H2,1-3H3. The van der Waals surface area contributed by atoms with Gasteiger partial charge in [-0.3, -0.25) is 4.79 Å². The maximum Gasteiger partial charge on any atom is 0.348 e. The number of nitriles is 1. The minimum absolute atomic E-state index is 0.0881. The molecule has 0 aliphatic rings. The molecule has 0 atom stereocenters. The first-order chi connectivity index (χ1) is 9.04. The van der Waals surface area contributed by atoms with Crippen LogP contribution in [0.5, 0.6) is 0 Å². The van der Waals surface area contributed by atoms with E-state index < -0.39 is 11.9 Å². The Hall–Kier alpha value is -1.87. The molecule has 0 aliphatic heterocycles. The number of ether oxygens (including phenoxy) is 2. The maximum atomic E-state index is 11.8. The highest BCUT2D eigenvalue weighted by atomic mass is 32.1. The number of hydrogen-bond acceptors (Lipinski definition) is 6. The molecule has 0 radical (unpaired) electrons. The molecule has 6 heteroatoms. The summed E-state index contributed by atoms with van der Waals surface area (Å²) >= 11 is 1.17. The van der Waals surface area contributed by atoms with Gasteiger partial charge in [-0.2, -0.15) is 5.26 Å². The van der Waals surface area contributed by atoms with Crippen molar-refractivity contribution in [1.82, 2.24) is 0 Å². The molecule has 0 aliphatic carbocycles. The van der Waals surface area contributed by atoms with E-state index in [0.717, 1.165) is 0 Å². The zero-order chi connectivity index (χ0) is 14.4. The van der Waals surface area contributed by atoms with Crippen LogP contribution in [-0.4, -0.2) is 25.2 Å². The fraction of sp³-hybridized carbons (Fsp3) is 0.462. The summed E-state index contributed by atoms with van der Waals surface area (Å²) in [7, 11) is 0. The van der Waals surface area contributed by atoms with Crippen LogP contribution in [0.25, 0.3) is 0 Å². The SMILES string of the molecule is CCOC(=O)Cc1c(C(=O)OCC)sc(C)c1C#N. The molecule has 1 rings (SSSR count). The Balaban J connectivity index is 3.14. The lowest BCUT2D eigenvalue weighted by Gasteiger charge is -2.04. The summed E-state index contributed by atoms with van der Waals surface area (Å²) in [6, 6.07) is 2.02. The van der Waals surface area contributed by atoms with Gasteiger partial charge in [0.1, 0.15) is 10.9 Å². The molecular weight excluding hydrogens is 266 g/mol. The van der Waals surface area contributed by atoms with Crippen LogP contribution in [0.15, 0.2) is 0 Å². The van der Waals surface area contributed by atoms with Crippen LogP contribution in [-0.2, 0) is 20.7 Å². The van der Waals surface area contributed by atoms with Gasteiger partial charge in [-0.25, -0.2) is 4.79 Å². The highest BCUT2D eigenvalue weighted by Crippen LogP contribution is 2.29. The third kappa shape index (κ3) is 3.55. The summed E-state index contributed by atoms with van der Waals surface area (Å²) in [5.41, 5.74) is 0.767. The maximum absolute atomic E-state index is 11.8. The van der Waals surface area contributed by atoms with E-state index in [9.17, 15) is 9.59 Å². The molecule has 0 aromatic carbocycles. The molecule has 0 spiro atoms. The Labute approximate surface area is 115 Å². The lowest BCUT2D eigenvalue weighted by atomic mass is 10.1. The highest BCUT2D eigenvalue weighted by Gasteiger charge is 2.24. The molecule has 0 N–H and O–H groups in total. The topological polar surface area (TPSA) is 76.4 Å². The van der Waals surface area contributed by atoms with E-state index >= 15 is 0 Å². The molecule has 0 amide bonds. The molecule has 0 saturated heterocycles. The third-order valence-corrected chi connectivity index (χ3v) is 3.51. The number of carbonyl (C=O) groups is 2. The summed E-state index contributed by atoms with van der Waals surface area (Å²) in [5, 5.41) is 9.12. The molecule has 1 heterocycles. The van der Waals surface area contributed by atoms with E-state index in [-0.39, 0.29) is 19.6 Å². The molecule has 0 bridgehead atoms. The van der Waals surface area contributed by atoms with Crippen molar-refractivity contribution < 1.29 is 19.1 Å². The third-order valence-electron chi connectivity index (χ3n) is 2.38. The van der Waals surface area contributed by atoms with Crippen LogP contribution in [0.1, 0.15) is 39.5 Å². The van der Waals surface area contributed by atoms with E-state index in [4.69, 9.17) is 14.7 Å². The number of aryl methyl sites for hydroxylation is 1. The zero-order valence-corrected chi connectivity index (χ0v) is 11.9. The number of thiophene rings is 1. The average Bonchev–Trinajstić information content (AvgIpc) is 2.66. The van der Waals surface area contributed by atoms with Gasteiger partial charge in [-0.05, 0) is 20.8 Å². The minimum atomic E-state index is -0.503. The van der Waals surface area contributed by atoms with Crippen LogP contribution < -0.4 is 0 Å². The van der Waals surface area contributed by atoms with Crippen molar-refractivity contribution in [3.63, 3.8) is 0 Å². The molecule has 0 unspecified atom stereocenters. The van der Waals surface area contributed by atoms with E-state index in [1.807, 2.05) is 6.07 Å². The quantitative estimate of drug-likeness (QED) is 0.773. The average molecular weight is 281 g/mol. The van der Waals surface area contributed by atoms with Crippen molar-refractivity contribution in [2.24, 2.45) is 0 Å². The summed E-state index contributed by atoms with van der Waals surface area (Å²) < 4.78 is 9.79. The Morgan fingerprint density at radius 2 is 1.89 bits per heavy atom. The molecule has 1 aromatic heterocycles. The number of carbonyl (C=O) groups excluding carboxylic acids is 2. The monoisotopic (exact) mass is 281 g/mol. The van der Waals surface area contributed by atoms with E-state index in [1.165, 1.54) is 11.3 Å². The Bertz CT molecular complexity index is 527. The molecular formula is C13H15NO4S. The first-order valence-corrected chi connectivity index (χ1v) is 6.71. The first-order valence-electron chi connectivity index (χ1n) is 5.90. The van der Waals surface area contributed by atoms with Gasteiger partial charge in [-0.15, -0.1) is 11.3 Å². The van der Waals surface area contributed by atoms with Crippen LogP contribution in [0.4, 0.5) is 0 Å². The molecule has 19 heavy (non-hydrogen) atoms.